The first-order chi connectivity index (χ1) is 11.3. The molecule has 0 aliphatic heterocycles. The Balaban J connectivity index is 5.16. The van der Waals surface area contributed by atoms with Crippen LogP contribution in [-0.4, -0.2) is 36.6 Å². The molecule has 0 spiro atoms. The Morgan fingerprint density at radius 2 is 1.52 bits per heavy atom. The molecule has 0 bridgehead atoms. The summed E-state index contributed by atoms with van der Waals surface area (Å²) in [6, 6.07) is 0. The summed E-state index contributed by atoms with van der Waals surface area (Å²) in [5, 5.41) is 0. The van der Waals surface area contributed by atoms with Crippen molar-refractivity contribution in [3.63, 3.8) is 0 Å². The van der Waals surface area contributed by atoms with Gasteiger partial charge in [0.25, 0.3) is 0 Å². The Bertz CT molecular complexity index is 398. The Morgan fingerprint density at radius 3 is 1.96 bits per heavy atom. The number of ether oxygens (including phenoxy) is 3. The van der Waals surface area contributed by atoms with E-state index in [4.69, 9.17) is 14.2 Å². The van der Waals surface area contributed by atoms with Gasteiger partial charge in [-0.1, -0.05) is 32.9 Å². The summed E-state index contributed by atoms with van der Waals surface area (Å²) in [5.41, 5.74) is -0.505. The van der Waals surface area contributed by atoms with Crippen LogP contribution in [-0.2, 0) is 14.2 Å². The molecule has 25 heavy (non-hydrogen) atoms. The highest BCUT2D eigenvalue weighted by Gasteiger charge is 2.39. The molecule has 0 aromatic carbocycles. The summed E-state index contributed by atoms with van der Waals surface area (Å²) < 4.78 is 18.4. The van der Waals surface area contributed by atoms with Gasteiger partial charge in [-0.3, -0.25) is 0 Å². The first-order valence-corrected chi connectivity index (χ1v) is 9.87. The molecule has 150 valence electrons. The fourth-order valence-electron chi connectivity index (χ4n) is 3.38. The van der Waals surface area contributed by atoms with Crippen LogP contribution in [0.2, 0.25) is 0 Å². The van der Waals surface area contributed by atoms with Crippen molar-refractivity contribution < 1.29 is 14.2 Å². The summed E-state index contributed by atoms with van der Waals surface area (Å²) in [7, 11) is 0. The lowest BCUT2D eigenvalue weighted by Gasteiger charge is -2.44. The normalized spacial score (nSPS) is 18.6. The van der Waals surface area contributed by atoms with Crippen LogP contribution in [0.5, 0.6) is 0 Å². The first-order valence-electron chi connectivity index (χ1n) is 9.87. The van der Waals surface area contributed by atoms with E-state index in [9.17, 15) is 0 Å². The van der Waals surface area contributed by atoms with E-state index in [-0.39, 0.29) is 34.7 Å². The van der Waals surface area contributed by atoms with Crippen LogP contribution in [0.15, 0.2) is 12.2 Å². The Hall–Kier alpha value is -0.380. The van der Waals surface area contributed by atoms with E-state index in [0.29, 0.717) is 6.61 Å². The summed E-state index contributed by atoms with van der Waals surface area (Å²) in [5.74, 6) is 0.268. The van der Waals surface area contributed by atoms with Crippen molar-refractivity contribution in [1.82, 2.24) is 0 Å². The molecule has 0 heterocycles. The third-order valence-electron chi connectivity index (χ3n) is 5.10. The van der Waals surface area contributed by atoms with Crippen LogP contribution < -0.4 is 0 Å². The first kappa shape index (κ1) is 24.6. The van der Waals surface area contributed by atoms with Gasteiger partial charge in [0.15, 0.2) is 0 Å². The van der Waals surface area contributed by atoms with Gasteiger partial charge in [0.2, 0.25) is 0 Å². The summed E-state index contributed by atoms with van der Waals surface area (Å²) in [6.45, 7) is 25.1. The number of allylic oxidation sites excluding steroid dienone is 1. The molecule has 0 saturated heterocycles. The Labute approximate surface area is 157 Å². The summed E-state index contributed by atoms with van der Waals surface area (Å²) in [6.07, 6.45) is 5.52. The van der Waals surface area contributed by atoms with E-state index in [1.165, 1.54) is 0 Å². The van der Waals surface area contributed by atoms with Crippen molar-refractivity contribution in [3.05, 3.63) is 12.2 Å². The van der Waals surface area contributed by atoms with Gasteiger partial charge >= 0.3 is 0 Å². The van der Waals surface area contributed by atoms with E-state index in [0.717, 1.165) is 13.0 Å². The molecule has 0 N–H and O–H groups in total. The monoisotopic (exact) mass is 356 g/mol. The molecule has 0 radical (unpaired) electrons. The minimum Gasteiger partial charge on any atom is -0.378 e. The lowest BCUT2D eigenvalue weighted by molar-refractivity contribution is -0.147. The molecule has 0 aromatic rings. The van der Waals surface area contributed by atoms with Crippen molar-refractivity contribution in [2.45, 2.75) is 106 Å². The fourth-order valence-corrected chi connectivity index (χ4v) is 3.38. The van der Waals surface area contributed by atoms with Crippen molar-refractivity contribution in [3.8, 4) is 0 Å². The smallest absolute Gasteiger partial charge is 0.0885 e. The van der Waals surface area contributed by atoms with E-state index in [1.54, 1.807) is 0 Å². The molecule has 0 fully saturated rings. The molecule has 3 unspecified atom stereocenters. The lowest BCUT2D eigenvalue weighted by atomic mass is 9.77. The predicted molar refractivity (Wildman–Crippen MR) is 108 cm³/mol. The van der Waals surface area contributed by atoms with Crippen LogP contribution in [0.1, 0.15) is 82.6 Å². The van der Waals surface area contributed by atoms with Crippen LogP contribution >= 0.6 is 0 Å². The second kappa shape index (κ2) is 10.1. The molecular weight excluding hydrogens is 312 g/mol. The SMILES string of the molecule is CC=CC(C)(OC(C)C(C)(C)CC(C)(C)OCC)C(C)COC(C)C. The van der Waals surface area contributed by atoms with Gasteiger partial charge in [-0.25, -0.2) is 0 Å². The highest BCUT2D eigenvalue weighted by atomic mass is 16.5. The van der Waals surface area contributed by atoms with Crippen molar-refractivity contribution in [1.29, 1.82) is 0 Å². The molecule has 0 saturated carbocycles. The molecule has 0 aromatic heterocycles. The maximum atomic E-state index is 6.64. The summed E-state index contributed by atoms with van der Waals surface area (Å²) >= 11 is 0. The van der Waals surface area contributed by atoms with Crippen molar-refractivity contribution >= 4 is 0 Å². The van der Waals surface area contributed by atoms with Crippen LogP contribution in [0.3, 0.4) is 0 Å². The second-order valence-corrected chi connectivity index (χ2v) is 9.09. The highest BCUT2D eigenvalue weighted by Crippen LogP contribution is 2.38. The molecular formula is C22H44O3. The third kappa shape index (κ3) is 8.70. The molecule has 3 heteroatoms. The van der Waals surface area contributed by atoms with Crippen LogP contribution in [0, 0.1) is 11.3 Å². The topological polar surface area (TPSA) is 27.7 Å². The van der Waals surface area contributed by atoms with Crippen LogP contribution in [0.25, 0.3) is 0 Å². The van der Waals surface area contributed by atoms with Gasteiger partial charge in [-0.05, 0) is 67.2 Å². The van der Waals surface area contributed by atoms with Gasteiger partial charge in [0, 0.05) is 12.5 Å². The van der Waals surface area contributed by atoms with Gasteiger partial charge in [0.05, 0.1) is 30.0 Å². The average molecular weight is 357 g/mol. The minimum absolute atomic E-state index is 0.000135. The highest BCUT2D eigenvalue weighted by molar-refractivity contribution is 5.02. The zero-order valence-corrected chi connectivity index (χ0v) is 18.7. The second-order valence-electron chi connectivity index (χ2n) is 9.09. The zero-order valence-electron chi connectivity index (χ0n) is 18.7. The molecule has 0 aliphatic rings. The average Bonchev–Trinajstić information content (AvgIpc) is 2.43. The van der Waals surface area contributed by atoms with Crippen molar-refractivity contribution in [2.75, 3.05) is 13.2 Å². The molecule has 3 atom stereocenters. The largest absolute Gasteiger partial charge is 0.378 e. The van der Waals surface area contributed by atoms with E-state index < -0.39 is 0 Å². The Morgan fingerprint density at radius 1 is 0.960 bits per heavy atom. The van der Waals surface area contributed by atoms with Crippen LogP contribution in [0.4, 0.5) is 0 Å². The molecule has 0 rings (SSSR count). The van der Waals surface area contributed by atoms with E-state index >= 15 is 0 Å². The summed E-state index contributed by atoms with van der Waals surface area (Å²) in [4.78, 5) is 0. The number of hydrogen-bond acceptors (Lipinski definition) is 3. The molecule has 3 nitrogen and oxygen atoms in total. The molecule has 0 aliphatic carbocycles. The fraction of sp³-hybridized carbons (Fsp3) is 0.909. The minimum atomic E-state index is -0.351. The van der Waals surface area contributed by atoms with Gasteiger partial charge < -0.3 is 14.2 Å². The quantitative estimate of drug-likeness (QED) is 0.400. The van der Waals surface area contributed by atoms with Gasteiger partial charge in [-0.15, -0.1) is 0 Å². The Kier molecular flexibility index (Phi) is 9.93. The predicted octanol–water partition coefficient (Wildman–Crippen LogP) is 6.02. The number of rotatable bonds is 12. The maximum Gasteiger partial charge on any atom is 0.0885 e. The number of hydrogen-bond donors (Lipinski definition) is 0. The molecule has 0 amide bonds. The van der Waals surface area contributed by atoms with Gasteiger partial charge in [-0.2, -0.15) is 0 Å². The standard InChI is InChI=1S/C22H44O3/c1-12-14-22(11,18(5)15-23-17(3)4)25-19(6)20(7,8)16-21(9,10)24-13-2/h12,14,17-19H,13,15-16H2,1-11H3. The van der Waals surface area contributed by atoms with Gasteiger partial charge in [0.1, 0.15) is 0 Å². The van der Waals surface area contributed by atoms with Crippen molar-refractivity contribution in [2.24, 2.45) is 11.3 Å². The zero-order chi connectivity index (χ0) is 19.9. The van der Waals surface area contributed by atoms with E-state index in [1.807, 2.05) is 13.8 Å². The van der Waals surface area contributed by atoms with E-state index in [2.05, 4.69) is 74.5 Å². The maximum absolute atomic E-state index is 6.64. The third-order valence-corrected chi connectivity index (χ3v) is 5.10. The lowest BCUT2D eigenvalue weighted by Crippen LogP contribution is -2.46.